The summed E-state index contributed by atoms with van der Waals surface area (Å²) in [5.74, 6) is -3.28. The van der Waals surface area contributed by atoms with Gasteiger partial charge in [0.05, 0.1) is 5.56 Å². The molecule has 0 aliphatic carbocycles. The zero-order valence-corrected chi connectivity index (χ0v) is 7.74. The second kappa shape index (κ2) is 3.95. The minimum absolute atomic E-state index is 0.211. The van der Waals surface area contributed by atoms with E-state index in [2.05, 4.69) is 0 Å². The van der Waals surface area contributed by atoms with E-state index >= 15 is 0 Å². The van der Waals surface area contributed by atoms with Crippen LogP contribution in [0.25, 0.3) is 0 Å². The number of aldehydes is 1. The van der Waals surface area contributed by atoms with Crippen LogP contribution in [0.5, 0.6) is 11.5 Å². The number of hydrogen-bond donors (Lipinski definition) is 3. The summed E-state index contributed by atoms with van der Waals surface area (Å²) >= 11 is 0. The molecule has 1 aromatic rings. The van der Waals surface area contributed by atoms with E-state index in [0.29, 0.717) is 6.07 Å². The number of carbonyl (C=O) groups is 2. The lowest BCUT2D eigenvalue weighted by atomic mass is 10.1. The van der Waals surface area contributed by atoms with Gasteiger partial charge in [0, 0.05) is 6.92 Å². The van der Waals surface area contributed by atoms with Gasteiger partial charge >= 0.3 is 0 Å². The molecule has 0 saturated heterocycles. The molecule has 0 heterocycles. The lowest BCUT2D eigenvalue weighted by Gasteiger charge is -2.09. The number of phenolic OH excluding ortho intramolecular Hbond substituents is 2. The summed E-state index contributed by atoms with van der Waals surface area (Å²) in [6.45, 7) is 1.12. The number of carbonyl (C=O) groups excluding carboxylic acids is 2. The topological polar surface area (TPSA) is 86.6 Å². The van der Waals surface area contributed by atoms with E-state index in [1.54, 1.807) is 0 Å². The maximum absolute atomic E-state index is 13.0. The van der Waals surface area contributed by atoms with Crippen LogP contribution in [0.3, 0.4) is 0 Å². The predicted molar refractivity (Wildman–Crippen MR) is 49.4 cm³/mol. The van der Waals surface area contributed by atoms with Gasteiger partial charge in [-0.05, 0) is 6.07 Å². The minimum Gasteiger partial charge on any atom is -0.505 e. The molecule has 5 nitrogen and oxygen atoms in total. The van der Waals surface area contributed by atoms with Crippen molar-refractivity contribution in [2.75, 3.05) is 5.32 Å². The normalized spacial score (nSPS) is 9.73. The number of phenols is 2. The lowest BCUT2D eigenvalue weighted by molar-refractivity contribution is -0.114. The first-order valence-electron chi connectivity index (χ1n) is 3.94. The summed E-state index contributed by atoms with van der Waals surface area (Å²) in [5, 5.41) is 20.6. The zero-order valence-electron chi connectivity index (χ0n) is 7.74. The average Bonchev–Trinajstić information content (AvgIpc) is 2.18. The van der Waals surface area contributed by atoms with Gasteiger partial charge in [-0.25, -0.2) is 4.39 Å². The van der Waals surface area contributed by atoms with E-state index in [1.165, 1.54) is 0 Å². The number of aromatic hydroxyl groups is 2. The highest BCUT2D eigenvalue weighted by molar-refractivity contribution is 5.95. The van der Waals surface area contributed by atoms with Crippen molar-refractivity contribution in [2.45, 2.75) is 6.92 Å². The third kappa shape index (κ3) is 2.04. The van der Waals surface area contributed by atoms with E-state index in [-0.39, 0.29) is 11.8 Å². The Hall–Kier alpha value is -2.11. The summed E-state index contributed by atoms with van der Waals surface area (Å²) in [6, 6.07) is 0.670. The molecule has 0 spiro atoms. The first kappa shape index (κ1) is 11.0. The van der Waals surface area contributed by atoms with E-state index in [4.69, 9.17) is 0 Å². The molecule has 0 saturated carbocycles. The SMILES string of the molecule is CC(=O)Nc1c(O)c(F)cc(C=O)c1O. The number of nitrogens with one attached hydrogen (secondary N) is 1. The Morgan fingerprint density at radius 2 is 2.07 bits per heavy atom. The van der Waals surface area contributed by atoms with Crippen LogP contribution >= 0.6 is 0 Å². The molecule has 0 radical (unpaired) electrons. The van der Waals surface area contributed by atoms with Crippen molar-refractivity contribution in [3.8, 4) is 11.5 Å². The molecule has 1 aromatic carbocycles. The molecular weight excluding hydrogens is 205 g/mol. The summed E-state index contributed by atoms with van der Waals surface area (Å²) < 4.78 is 13.0. The first-order valence-corrected chi connectivity index (χ1v) is 3.94. The van der Waals surface area contributed by atoms with Crippen LogP contribution in [0.15, 0.2) is 6.07 Å². The van der Waals surface area contributed by atoms with Crippen molar-refractivity contribution < 1.29 is 24.2 Å². The van der Waals surface area contributed by atoms with Gasteiger partial charge in [0.1, 0.15) is 5.69 Å². The molecule has 0 bridgehead atoms. The van der Waals surface area contributed by atoms with Gasteiger partial charge in [0.2, 0.25) is 5.91 Å². The van der Waals surface area contributed by atoms with E-state index in [9.17, 15) is 24.2 Å². The second-order valence-electron chi connectivity index (χ2n) is 2.82. The van der Waals surface area contributed by atoms with Crippen molar-refractivity contribution >= 4 is 17.9 Å². The molecular formula is C9H8FNO4. The summed E-state index contributed by atoms with van der Waals surface area (Å²) in [5.41, 5.74) is -0.862. The number of rotatable bonds is 2. The standard InChI is InChI=1S/C9H8FNO4/c1-4(13)11-7-8(14)5(3-12)2-6(10)9(7)15/h2-3,14-15H,1H3,(H,11,13). The Morgan fingerprint density at radius 3 is 2.53 bits per heavy atom. The Morgan fingerprint density at radius 1 is 1.47 bits per heavy atom. The van der Waals surface area contributed by atoms with Gasteiger partial charge in [-0.15, -0.1) is 0 Å². The maximum atomic E-state index is 13.0. The van der Waals surface area contributed by atoms with Gasteiger partial charge < -0.3 is 15.5 Å². The fraction of sp³-hybridized carbons (Fsp3) is 0.111. The fourth-order valence-electron chi connectivity index (χ4n) is 1.03. The van der Waals surface area contributed by atoms with Crippen molar-refractivity contribution in [1.82, 2.24) is 0 Å². The van der Waals surface area contributed by atoms with Crippen molar-refractivity contribution in [1.29, 1.82) is 0 Å². The molecule has 80 valence electrons. The molecule has 0 fully saturated rings. The summed E-state index contributed by atoms with van der Waals surface area (Å²) in [4.78, 5) is 21.1. The van der Waals surface area contributed by atoms with Gasteiger partial charge in [0.15, 0.2) is 23.6 Å². The highest BCUT2D eigenvalue weighted by Gasteiger charge is 2.17. The van der Waals surface area contributed by atoms with Gasteiger partial charge in [-0.2, -0.15) is 0 Å². The van der Waals surface area contributed by atoms with Crippen LogP contribution in [-0.4, -0.2) is 22.4 Å². The van der Waals surface area contributed by atoms with E-state index in [0.717, 1.165) is 6.92 Å². The van der Waals surface area contributed by atoms with Crippen LogP contribution in [0, 0.1) is 5.82 Å². The molecule has 6 heteroatoms. The van der Waals surface area contributed by atoms with Crippen LogP contribution < -0.4 is 5.32 Å². The maximum Gasteiger partial charge on any atom is 0.221 e. The van der Waals surface area contributed by atoms with E-state index in [1.807, 2.05) is 5.32 Å². The Kier molecular flexibility index (Phi) is 2.89. The third-order valence-corrected chi connectivity index (χ3v) is 1.68. The summed E-state index contributed by atoms with van der Waals surface area (Å²) in [6.07, 6.45) is 0.211. The van der Waals surface area contributed by atoms with Crippen LogP contribution in [0.2, 0.25) is 0 Å². The van der Waals surface area contributed by atoms with E-state index < -0.39 is 28.9 Å². The molecule has 0 aliphatic heterocycles. The molecule has 0 aliphatic rings. The Balaban J connectivity index is 3.39. The van der Waals surface area contributed by atoms with Crippen LogP contribution in [-0.2, 0) is 4.79 Å². The van der Waals surface area contributed by atoms with Gasteiger partial charge in [0.25, 0.3) is 0 Å². The molecule has 0 aromatic heterocycles. The zero-order chi connectivity index (χ0) is 11.6. The molecule has 0 atom stereocenters. The summed E-state index contributed by atoms with van der Waals surface area (Å²) in [7, 11) is 0. The molecule has 0 unspecified atom stereocenters. The monoisotopic (exact) mass is 213 g/mol. The smallest absolute Gasteiger partial charge is 0.221 e. The highest BCUT2D eigenvalue weighted by atomic mass is 19.1. The number of amides is 1. The van der Waals surface area contributed by atoms with Crippen LogP contribution in [0.1, 0.15) is 17.3 Å². The Labute approximate surface area is 84.2 Å². The Bertz CT molecular complexity index is 431. The van der Waals surface area contributed by atoms with Gasteiger partial charge in [-0.1, -0.05) is 0 Å². The highest BCUT2D eigenvalue weighted by Crippen LogP contribution is 2.37. The van der Waals surface area contributed by atoms with Gasteiger partial charge in [-0.3, -0.25) is 9.59 Å². The second-order valence-corrected chi connectivity index (χ2v) is 2.82. The largest absolute Gasteiger partial charge is 0.505 e. The van der Waals surface area contributed by atoms with Crippen molar-refractivity contribution in [3.05, 3.63) is 17.4 Å². The minimum atomic E-state index is -1.10. The van der Waals surface area contributed by atoms with Crippen molar-refractivity contribution in [2.24, 2.45) is 0 Å². The molecule has 1 rings (SSSR count). The lowest BCUT2D eigenvalue weighted by Crippen LogP contribution is -2.07. The van der Waals surface area contributed by atoms with Crippen LogP contribution in [0.4, 0.5) is 10.1 Å². The number of benzene rings is 1. The first-order chi connectivity index (χ1) is 6.97. The molecule has 3 N–H and O–H groups in total. The average molecular weight is 213 g/mol. The number of halogens is 1. The molecule has 1 amide bonds. The third-order valence-electron chi connectivity index (χ3n) is 1.68. The fourth-order valence-corrected chi connectivity index (χ4v) is 1.03. The number of hydrogen-bond acceptors (Lipinski definition) is 4. The quantitative estimate of drug-likeness (QED) is 0.505. The number of anilines is 1. The van der Waals surface area contributed by atoms with Crippen molar-refractivity contribution in [3.63, 3.8) is 0 Å². The molecule has 15 heavy (non-hydrogen) atoms. The predicted octanol–water partition coefficient (Wildman–Crippen LogP) is 1.01.